The van der Waals surface area contributed by atoms with Gasteiger partial charge in [0.15, 0.2) is 11.9 Å². The Hall–Kier alpha value is -5.03. The first-order valence-electron chi connectivity index (χ1n) is 19.8. The van der Waals surface area contributed by atoms with Crippen LogP contribution in [0.15, 0.2) is 72.8 Å². The Morgan fingerprint density at radius 3 is 1.51 bits per heavy atom. The molecule has 1 N–H and O–H groups in total. The molecule has 0 fully saturated rings. The van der Waals surface area contributed by atoms with Crippen LogP contribution >= 0.6 is 0 Å². The topological polar surface area (TPSA) is 134 Å². The van der Waals surface area contributed by atoms with Crippen molar-refractivity contribution in [2.75, 3.05) is 35.3 Å². The van der Waals surface area contributed by atoms with Crippen molar-refractivity contribution in [3.63, 3.8) is 0 Å². The quantitative estimate of drug-likeness (QED) is 0.137. The number of phenolic OH excluding ortho intramolecular Hbond substituents is 1. The number of aryl methyl sites for hydroxylation is 2. The molecule has 0 bridgehead atoms. The summed E-state index contributed by atoms with van der Waals surface area (Å²) >= 11 is 0. The monoisotopic (exact) mass is 785 g/mol. The predicted octanol–water partition coefficient (Wildman–Crippen LogP) is 5.98. The average molecular weight is 786 g/mol. The van der Waals surface area contributed by atoms with E-state index >= 15 is 0 Å². The molecule has 0 spiro atoms. The summed E-state index contributed by atoms with van der Waals surface area (Å²) in [5.74, 6) is -3.85. The number of ketones is 1. The summed E-state index contributed by atoms with van der Waals surface area (Å²) in [4.78, 5) is 74.7. The third kappa shape index (κ3) is 13.0. The van der Waals surface area contributed by atoms with E-state index in [9.17, 15) is 29.1 Å². The molecule has 11 nitrogen and oxygen atoms in total. The molecule has 0 aliphatic carbocycles. The van der Waals surface area contributed by atoms with Gasteiger partial charge in [-0.15, -0.1) is 0 Å². The van der Waals surface area contributed by atoms with Crippen molar-refractivity contribution in [1.29, 1.82) is 0 Å². The maximum absolute atomic E-state index is 14.6. The normalized spacial score (nSPS) is 14.5. The molecule has 6 atom stereocenters. The van der Waals surface area contributed by atoms with Gasteiger partial charge in [-0.2, -0.15) is 0 Å². The number of methoxy groups -OCH3 is 1. The van der Waals surface area contributed by atoms with Gasteiger partial charge in [0.25, 0.3) is 0 Å². The maximum Gasteiger partial charge on any atom is 0.328 e. The first-order valence-corrected chi connectivity index (χ1v) is 19.8. The second-order valence-corrected chi connectivity index (χ2v) is 15.9. The number of likely N-dealkylation sites (N-methyl/N-ethyl adjacent to an activating group) is 3. The van der Waals surface area contributed by atoms with Gasteiger partial charge in [0, 0.05) is 45.2 Å². The second-order valence-electron chi connectivity index (χ2n) is 15.9. The van der Waals surface area contributed by atoms with Crippen LogP contribution in [-0.4, -0.2) is 109 Å². The second kappa shape index (κ2) is 21.5. The van der Waals surface area contributed by atoms with Gasteiger partial charge >= 0.3 is 11.9 Å². The van der Waals surface area contributed by atoms with Gasteiger partial charge < -0.3 is 24.4 Å². The number of carbonyl (C=O) groups excluding carboxylic acids is 5. The van der Waals surface area contributed by atoms with Crippen LogP contribution in [0.5, 0.6) is 5.75 Å². The van der Waals surface area contributed by atoms with Crippen LogP contribution < -0.4 is 0 Å². The van der Waals surface area contributed by atoms with Gasteiger partial charge in [0.1, 0.15) is 23.9 Å². The molecule has 57 heavy (non-hydrogen) atoms. The van der Waals surface area contributed by atoms with Gasteiger partial charge in [-0.05, 0) is 75.5 Å². The van der Waals surface area contributed by atoms with Crippen molar-refractivity contribution in [3.8, 4) is 5.75 Å². The number of phenols is 1. The minimum atomic E-state index is -1.08. The number of benzene rings is 3. The lowest BCUT2D eigenvalue weighted by Gasteiger charge is -2.36. The van der Waals surface area contributed by atoms with Crippen molar-refractivity contribution < 1.29 is 38.6 Å². The molecule has 0 heterocycles. The Labute approximate surface area is 339 Å². The zero-order valence-corrected chi connectivity index (χ0v) is 35.7. The number of hydrogen-bond acceptors (Lipinski definition) is 9. The van der Waals surface area contributed by atoms with E-state index < -0.39 is 53.9 Å². The van der Waals surface area contributed by atoms with Crippen molar-refractivity contribution in [2.45, 2.75) is 97.9 Å². The van der Waals surface area contributed by atoms with Gasteiger partial charge in [-0.25, -0.2) is 4.79 Å². The molecule has 3 aromatic carbocycles. The van der Waals surface area contributed by atoms with Gasteiger partial charge in [-0.3, -0.25) is 24.1 Å². The first kappa shape index (κ1) is 46.4. The van der Waals surface area contributed by atoms with Gasteiger partial charge in [0.2, 0.25) is 11.8 Å². The highest BCUT2D eigenvalue weighted by molar-refractivity contribution is 5.94. The van der Waals surface area contributed by atoms with Crippen LogP contribution in [0.4, 0.5) is 0 Å². The molecule has 0 aliphatic heterocycles. The van der Waals surface area contributed by atoms with Crippen molar-refractivity contribution in [1.82, 2.24) is 14.7 Å². The number of aromatic hydroxyl groups is 1. The van der Waals surface area contributed by atoms with Crippen LogP contribution in [0, 0.1) is 31.6 Å². The number of Topliss-reactive ketones (excluding diaryl/α,β-unsaturated/α-hetero) is 1. The average Bonchev–Trinajstić information content (AvgIpc) is 3.19. The van der Waals surface area contributed by atoms with Crippen LogP contribution in [0.3, 0.4) is 0 Å². The smallest absolute Gasteiger partial charge is 0.328 e. The molecule has 11 heteroatoms. The first-order chi connectivity index (χ1) is 26.9. The molecule has 0 saturated heterocycles. The summed E-state index contributed by atoms with van der Waals surface area (Å²) in [5.41, 5.74) is 4.63. The summed E-state index contributed by atoms with van der Waals surface area (Å²) in [6.45, 7) is 11.4. The third-order valence-corrected chi connectivity index (χ3v) is 11.0. The van der Waals surface area contributed by atoms with E-state index in [1.807, 2.05) is 90.1 Å². The highest BCUT2D eigenvalue weighted by Gasteiger charge is 2.40. The molecule has 0 aromatic heterocycles. The number of carbonyl (C=O) groups is 5. The number of esters is 2. The molecule has 2 amide bonds. The summed E-state index contributed by atoms with van der Waals surface area (Å²) in [7, 11) is 7.92. The van der Waals surface area contributed by atoms with Gasteiger partial charge in [-0.1, -0.05) is 99.5 Å². The Morgan fingerprint density at radius 1 is 0.632 bits per heavy atom. The maximum atomic E-state index is 14.6. The van der Waals surface area contributed by atoms with E-state index in [0.29, 0.717) is 18.4 Å². The Balaban J connectivity index is 1.93. The molecular formula is C46H63N3O8. The van der Waals surface area contributed by atoms with Crippen LogP contribution in [0.25, 0.3) is 0 Å². The lowest BCUT2D eigenvalue weighted by molar-refractivity contribution is -0.163. The summed E-state index contributed by atoms with van der Waals surface area (Å²) in [6, 6.07) is 19.2. The Morgan fingerprint density at radius 2 is 1.07 bits per heavy atom. The van der Waals surface area contributed by atoms with Crippen LogP contribution in [0.1, 0.15) is 68.4 Å². The minimum Gasteiger partial charge on any atom is -0.508 e. The zero-order chi connectivity index (χ0) is 42.6. The number of amides is 2. The van der Waals surface area contributed by atoms with Gasteiger partial charge in [0.05, 0.1) is 7.11 Å². The molecule has 0 saturated carbocycles. The van der Waals surface area contributed by atoms with Crippen molar-refractivity contribution >= 4 is 29.5 Å². The van der Waals surface area contributed by atoms with E-state index in [-0.39, 0.29) is 42.6 Å². The zero-order valence-electron chi connectivity index (χ0n) is 35.7. The van der Waals surface area contributed by atoms with E-state index in [4.69, 9.17) is 9.47 Å². The van der Waals surface area contributed by atoms with E-state index in [1.165, 1.54) is 43.1 Å². The number of hydrogen-bond donors (Lipinski definition) is 1. The number of ether oxygens (including phenoxy) is 2. The molecule has 3 rings (SSSR count). The fraction of sp³-hybridized carbons (Fsp3) is 0.500. The van der Waals surface area contributed by atoms with Crippen molar-refractivity contribution in [3.05, 3.63) is 101 Å². The summed E-state index contributed by atoms with van der Waals surface area (Å²) < 4.78 is 11.2. The van der Waals surface area contributed by atoms with Crippen molar-refractivity contribution in [2.24, 2.45) is 17.8 Å². The van der Waals surface area contributed by atoms with Crippen LogP contribution in [0.2, 0.25) is 0 Å². The summed E-state index contributed by atoms with van der Waals surface area (Å²) in [5, 5.41) is 9.95. The van der Waals surface area contributed by atoms with Crippen LogP contribution in [-0.2, 0) is 52.7 Å². The molecule has 0 unspecified atom stereocenters. The van der Waals surface area contributed by atoms with E-state index in [2.05, 4.69) is 0 Å². The Bertz CT molecular complexity index is 1790. The highest BCUT2D eigenvalue weighted by atomic mass is 16.5. The largest absolute Gasteiger partial charge is 0.508 e. The molecule has 3 aromatic rings. The third-order valence-electron chi connectivity index (χ3n) is 11.0. The molecule has 310 valence electrons. The highest BCUT2D eigenvalue weighted by Crippen LogP contribution is 2.26. The Kier molecular flexibility index (Phi) is 17.5. The lowest BCUT2D eigenvalue weighted by atomic mass is 9.85. The minimum absolute atomic E-state index is 0.0500. The molecular weight excluding hydrogens is 723 g/mol. The fourth-order valence-electron chi connectivity index (χ4n) is 6.79. The van der Waals surface area contributed by atoms with E-state index in [0.717, 1.165) is 22.3 Å². The molecule has 0 aliphatic rings. The predicted molar refractivity (Wildman–Crippen MR) is 221 cm³/mol. The standard InChI is InChI=1S/C46H63N3O8/c1-12-32(6)42(57-46(55)39(47(7)8)26-33-17-13-30(4)14-18-33)41(51)28-37(29(2)3)43(52)48(9)38(25-35-21-23-36(50)24-22-35)44(53)49(10)40(45(54)56-11)27-34-19-15-31(5)16-20-34/h13-24,29,32,37-40,42,50H,12,25-28H2,1-11H3/t32-,37+,38+,39-,40-,42+/m1/s1. The summed E-state index contributed by atoms with van der Waals surface area (Å²) in [6.07, 6.45) is -0.0562. The lowest BCUT2D eigenvalue weighted by Crippen LogP contribution is -2.55. The fourth-order valence-corrected chi connectivity index (χ4v) is 6.79. The molecule has 0 radical (unpaired) electrons. The van der Waals surface area contributed by atoms with E-state index in [1.54, 1.807) is 31.1 Å². The number of nitrogens with zero attached hydrogens (tertiary/aromatic N) is 3. The number of rotatable bonds is 20. The SMILES string of the molecule is CC[C@@H](C)[C@H](OC(=O)[C@@H](Cc1ccc(C)cc1)N(C)C)C(=O)C[C@H](C(=O)N(C)[C@@H](Cc1ccc(O)cc1)C(=O)N(C)[C@H](Cc1ccc(C)cc1)C(=O)OC)C(C)C.